The van der Waals surface area contributed by atoms with Gasteiger partial charge in [0, 0.05) is 4.47 Å². The van der Waals surface area contributed by atoms with Gasteiger partial charge < -0.3 is 5.32 Å². The van der Waals surface area contributed by atoms with E-state index in [0.717, 1.165) is 34.1 Å². The first kappa shape index (κ1) is 13.1. The largest absolute Gasteiger partial charge is 0.377 e. The van der Waals surface area contributed by atoms with E-state index in [-0.39, 0.29) is 11.9 Å². The number of nitriles is 1. The molecule has 2 aromatic carbocycles. The van der Waals surface area contributed by atoms with Crippen molar-refractivity contribution in [3.63, 3.8) is 0 Å². The molecule has 0 saturated heterocycles. The Labute approximate surface area is 125 Å². The number of benzene rings is 2. The monoisotopic (exact) mass is 330 g/mol. The lowest BCUT2D eigenvalue weighted by Gasteiger charge is -2.16. The van der Waals surface area contributed by atoms with Crippen LogP contribution in [0.25, 0.3) is 0 Å². The fourth-order valence-electron chi connectivity index (χ4n) is 2.66. The van der Waals surface area contributed by atoms with Crippen molar-refractivity contribution < 1.29 is 4.39 Å². The van der Waals surface area contributed by atoms with Gasteiger partial charge >= 0.3 is 0 Å². The number of nitrogens with zero attached hydrogens (tertiary/aromatic N) is 1. The second kappa shape index (κ2) is 5.26. The Kier molecular flexibility index (Phi) is 3.45. The van der Waals surface area contributed by atoms with Gasteiger partial charge in [0.2, 0.25) is 0 Å². The van der Waals surface area contributed by atoms with Crippen LogP contribution in [0.4, 0.5) is 10.1 Å². The Morgan fingerprint density at radius 1 is 1.25 bits per heavy atom. The fraction of sp³-hybridized carbons (Fsp3) is 0.188. The first-order valence-electron chi connectivity index (χ1n) is 6.42. The highest BCUT2D eigenvalue weighted by Crippen LogP contribution is 2.35. The van der Waals surface area contributed by atoms with E-state index in [0.29, 0.717) is 5.56 Å². The summed E-state index contributed by atoms with van der Waals surface area (Å²) in [6.45, 7) is 0. The van der Waals surface area contributed by atoms with Crippen LogP contribution < -0.4 is 5.32 Å². The van der Waals surface area contributed by atoms with Crippen LogP contribution in [0.5, 0.6) is 0 Å². The van der Waals surface area contributed by atoms with E-state index in [1.807, 2.05) is 18.2 Å². The highest BCUT2D eigenvalue weighted by Gasteiger charge is 2.23. The van der Waals surface area contributed by atoms with Gasteiger partial charge in [-0.05, 0) is 54.3 Å². The third-order valence-corrected chi connectivity index (χ3v) is 4.11. The number of hydrogen-bond acceptors (Lipinski definition) is 2. The maximum atomic E-state index is 13.2. The van der Waals surface area contributed by atoms with E-state index in [4.69, 9.17) is 0 Å². The molecule has 3 rings (SSSR count). The minimum atomic E-state index is -0.189. The summed E-state index contributed by atoms with van der Waals surface area (Å²) in [7, 11) is 0. The average Bonchev–Trinajstić information content (AvgIpc) is 2.83. The van der Waals surface area contributed by atoms with E-state index in [1.165, 1.54) is 6.07 Å². The van der Waals surface area contributed by atoms with Crippen LogP contribution in [-0.4, -0.2) is 0 Å². The summed E-state index contributed by atoms with van der Waals surface area (Å²) in [6, 6.07) is 12.8. The zero-order valence-corrected chi connectivity index (χ0v) is 12.2. The van der Waals surface area contributed by atoms with Crippen LogP contribution in [0.3, 0.4) is 0 Å². The van der Waals surface area contributed by atoms with E-state index in [9.17, 15) is 9.65 Å². The lowest BCUT2D eigenvalue weighted by Crippen LogP contribution is -2.08. The van der Waals surface area contributed by atoms with Crippen molar-refractivity contribution >= 4 is 21.6 Å². The molecule has 2 nitrogen and oxygen atoms in total. The predicted octanol–water partition coefficient (Wildman–Crippen LogP) is 4.56. The molecule has 1 unspecified atom stereocenters. The molecule has 1 atom stereocenters. The molecular formula is C16H12BrFN2. The standard InChI is InChI=1S/C16H12BrFN2/c17-12-2-6-15(11(7-12)9-19)20-16-5-1-10-8-13(18)3-4-14(10)16/h2-4,6-8,16,20H,1,5H2. The van der Waals surface area contributed by atoms with Gasteiger partial charge in [0.15, 0.2) is 0 Å². The van der Waals surface area contributed by atoms with Crippen molar-refractivity contribution in [2.45, 2.75) is 18.9 Å². The van der Waals surface area contributed by atoms with Crippen LogP contribution in [0.15, 0.2) is 40.9 Å². The van der Waals surface area contributed by atoms with Crippen molar-refractivity contribution in [2.24, 2.45) is 0 Å². The Hall–Kier alpha value is -1.86. The minimum Gasteiger partial charge on any atom is -0.377 e. The van der Waals surface area contributed by atoms with Crippen molar-refractivity contribution in [2.75, 3.05) is 5.32 Å². The van der Waals surface area contributed by atoms with Gasteiger partial charge in [0.25, 0.3) is 0 Å². The molecule has 0 radical (unpaired) electrons. The number of anilines is 1. The summed E-state index contributed by atoms with van der Waals surface area (Å²) in [5, 5.41) is 12.6. The summed E-state index contributed by atoms with van der Waals surface area (Å²) in [5.74, 6) is -0.189. The Balaban J connectivity index is 1.90. The highest BCUT2D eigenvalue weighted by atomic mass is 79.9. The SMILES string of the molecule is N#Cc1cc(Br)ccc1NC1CCc2cc(F)ccc21. The third kappa shape index (κ3) is 2.41. The Bertz CT molecular complexity index is 706. The number of rotatable bonds is 2. The molecule has 0 amide bonds. The first-order chi connectivity index (χ1) is 9.67. The van der Waals surface area contributed by atoms with Crippen molar-refractivity contribution in [3.05, 3.63) is 63.4 Å². The maximum absolute atomic E-state index is 13.2. The summed E-state index contributed by atoms with van der Waals surface area (Å²) in [4.78, 5) is 0. The van der Waals surface area contributed by atoms with Crippen molar-refractivity contribution in [1.82, 2.24) is 0 Å². The van der Waals surface area contributed by atoms with Crippen molar-refractivity contribution in [1.29, 1.82) is 5.26 Å². The normalized spacial score (nSPS) is 16.6. The Morgan fingerprint density at radius 2 is 2.10 bits per heavy atom. The van der Waals surface area contributed by atoms with Gasteiger partial charge in [0.05, 0.1) is 17.3 Å². The van der Waals surface area contributed by atoms with Crippen LogP contribution in [0, 0.1) is 17.1 Å². The lowest BCUT2D eigenvalue weighted by atomic mass is 10.1. The molecule has 100 valence electrons. The molecule has 1 aliphatic rings. The molecule has 0 aliphatic heterocycles. The van der Waals surface area contributed by atoms with E-state index >= 15 is 0 Å². The third-order valence-electron chi connectivity index (χ3n) is 3.61. The van der Waals surface area contributed by atoms with Crippen LogP contribution in [0.2, 0.25) is 0 Å². The molecule has 20 heavy (non-hydrogen) atoms. The predicted molar refractivity (Wildman–Crippen MR) is 79.9 cm³/mol. The summed E-state index contributed by atoms with van der Waals surface area (Å²) in [5.41, 5.74) is 3.60. The molecule has 1 aliphatic carbocycles. The van der Waals surface area contributed by atoms with Gasteiger partial charge in [-0.1, -0.05) is 22.0 Å². The van der Waals surface area contributed by atoms with E-state index < -0.39 is 0 Å². The van der Waals surface area contributed by atoms with Crippen molar-refractivity contribution in [3.8, 4) is 6.07 Å². The minimum absolute atomic E-state index is 0.138. The maximum Gasteiger partial charge on any atom is 0.123 e. The molecule has 1 N–H and O–H groups in total. The van der Waals surface area contributed by atoms with Gasteiger partial charge in [-0.3, -0.25) is 0 Å². The first-order valence-corrected chi connectivity index (χ1v) is 7.21. The number of nitrogens with one attached hydrogen (secondary N) is 1. The lowest BCUT2D eigenvalue weighted by molar-refractivity contribution is 0.626. The molecule has 0 heterocycles. The molecular weight excluding hydrogens is 319 g/mol. The molecule has 0 spiro atoms. The average molecular weight is 331 g/mol. The summed E-state index contributed by atoms with van der Waals surface area (Å²) < 4.78 is 14.1. The molecule has 0 aromatic heterocycles. The van der Waals surface area contributed by atoms with E-state index in [1.54, 1.807) is 12.1 Å². The van der Waals surface area contributed by atoms with Gasteiger partial charge in [-0.15, -0.1) is 0 Å². The van der Waals surface area contributed by atoms with Crippen LogP contribution in [-0.2, 0) is 6.42 Å². The van der Waals surface area contributed by atoms with Crippen LogP contribution >= 0.6 is 15.9 Å². The topological polar surface area (TPSA) is 35.8 Å². The Morgan fingerprint density at radius 3 is 2.90 bits per heavy atom. The molecule has 0 fully saturated rings. The smallest absolute Gasteiger partial charge is 0.123 e. The van der Waals surface area contributed by atoms with Gasteiger partial charge in [-0.25, -0.2) is 4.39 Å². The van der Waals surface area contributed by atoms with Gasteiger partial charge in [-0.2, -0.15) is 5.26 Å². The molecule has 2 aromatic rings. The summed E-state index contributed by atoms with van der Waals surface area (Å²) >= 11 is 3.36. The number of hydrogen-bond donors (Lipinski definition) is 1. The van der Waals surface area contributed by atoms with Crippen LogP contribution in [0.1, 0.15) is 29.2 Å². The van der Waals surface area contributed by atoms with E-state index in [2.05, 4.69) is 27.3 Å². The highest BCUT2D eigenvalue weighted by molar-refractivity contribution is 9.10. The number of aryl methyl sites for hydroxylation is 1. The number of fused-ring (bicyclic) bond motifs is 1. The molecule has 0 bridgehead atoms. The fourth-order valence-corrected chi connectivity index (χ4v) is 3.02. The summed E-state index contributed by atoms with van der Waals surface area (Å²) in [6.07, 6.45) is 1.78. The van der Waals surface area contributed by atoms with Gasteiger partial charge in [0.1, 0.15) is 11.9 Å². The molecule has 4 heteroatoms. The quantitative estimate of drug-likeness (QED) is 0.876. The second-order valence-electron chi connectivity index (χ2n) is 4.88. The zero-order chi connectivity index (χ0) is 14.1. The zero-order valence-electron chi connectivity index (χ0n) is 10.7. The molecule has 0 saturated carbocycles. The number of halogens is 2. The second-order valence-corrected chi connectivity index (χ2v) is 5.80.